The third-order valence-corrected chi connectivity index (χ3v) is 4.39. The van der Waals surface area contributed by atoms with Gasteiger partial charge in [-0.3, -0.25) is 9.59 Å². The van der Waals surface area contributed by atoms with Crippen LogP contribution >= 0.6 is 11.3 Å². The fraction of sp³-hybridized carbons (Fsp3) is 0.250. The molecule has 0 saturated carbocycles. The van der Waals surface area contributed by atoms with Crippen LogP contribution in [0.15, 0.2) is 29.0 Å². The summed E-state index contributed by atoms with van der Waals surface area (Å²) in [6, 6.07) is 5.26. The molecule has 108 valence electrons. The molecule has 1 unspecified atom stereocenters. The number of hydrogen-bond acceptors (Lipinski definition) is 4. The van der Waals surface area contributed by atoms with E-state index in [0.717, 1.165) is 5.56 Å². The van der Waals surface area contributed by atoms with Crippen molar-refractivity contribution in [3.8, 4) is 5.75 Å². The van der Waals surface area contributed by atoms with E-state index in [2.05, 4.69) is 0 Å². The smallest absolute Gasteiger partial charge is 0.310 e. The first-order valence-electron chi connectivity index (χ1n) is 6.67. The number of ketones is 1. The molecule has 1 aliphatic rings. The van der Waals surface area contributed by atoms with Crippen molar-refractivity contribution in [1.82, 2.24) is 0 Å². The number of thiophene rings is 1. The summed E-state index contributed by atoms with van der Waals surface area (Å²) in [7, 11) is 0. The van der Waals surface area contributed by atoms with Crippen molar-refractivity contribution < 1.29 is 19.4 Å². The zero-order valence-electron chi connectivity index (χ0n) is 11.5. The predicted octanol–water partition coefficient (Wildman–Crippen LogP) is 3.10. The number of aliphatic carboxylic acids is 1. The second-order valence-corrected chi connectivity index (χ2v) is 5.84. The normalized spacial score (nSPS) is 14.3. The lowest BCUT2D eigenvalue weighted by Gasteiger charge is -2.12. The van der Waals surface area contributed by atoms with E-state index in [1.54, 1.807) is 24.4 Å². The van der Waals surface area contributed by atoms with E-state index in [0.29, 0.717) is 35.5 Å². The van der Waals surface area contributed by atoms with Crippen molar-refractivity contribution in [2.45, 2.75) is 19.3 Å². The number of hydrogen-bond donors (Lipinski definition) is 1. The number of ether oxygens (including phenoxy) is 1. The number of carboxylic acids is 1. The first kappa shape index (κ1) is 13.8. The van der Waals surface area contributed by atoms with Crippen molar-refractivity contribution >= 4 is 23.1 Å². The van der Waals surface area contributed by atoms with Crippen LogP contribution in [0.5, 0.6) is 5.75 Å². The fourth-order valence-electron chi connectivity index (χ4n) is 2.44. The topological polar surface area (TPSA) is 63.6 Å². The molecule has 3 rings (SSSR count). The summed E-state index contributed by atoms with van der Waals surface area (Å²) in [5.74, 6) is -1.06. The molecule has 0 radical (unpaired) electrons. The quantitative estimate of drug-likeness (QED) is 0.881. The molecule has 21 heavy (non-hydrogen) atoms. The van der Waals surface area contributed by atoms with Crippen LogP contribution in [0.25, 0.3) is 0 Å². The molecule has 1 aromatic heterocycles. The van der Waals surface area contributed by atoms with Crippen molar-refractivity contribution in [2.24, 2.45) is 0 Å². The maximum atomic E-state index is 12.6. The van der Waals surface area contributed by atoms with Crippen molar-refractivity contribution in [3.63, 3.8) is 0 Å². The molecule has 4 nitrogen and oxygen atoms in total. The molecule has 0 spiro atoms. The summed E-state index contributed by atoms with van der Waals surface area (Å²) < 4.78 is 5.58. The number of carbonyl (C=O) groups is 2. The Hall–Kier alpha value is -2.14. The fourth-order valence-corrected chi connectivity index (χ4v) is 3.08. The molecule has 0 aliphatic carbocycles. The second kappa shape index (κ2) is 5.33. The maximum Gasteiger partial charge on any atom is 0.310 e. The van der Waals surface area contributed by atoms with Gasteiger partial charge in [-0.2, -0.15) is 11.3 Å². The standard InChI is InChI=1S/C16H14O4S/c1-9(16(18)19)12-6-10-2-4-20-15(10)13(7-12)14(17)11-3-5-21-8-11/h3,5-9H,2,4H2,1H3,(H,18,19). The minimum Gasteiger partial charge on any atom is -0.492 e. The third-order valence-electron chi connectivity index (χ3n) is 3.70. The molecule has 1 atom stereocenters. The zero-order valence-corrected chi connectivity index (χ0v) is 12.3. The minimum atomic E-state index is -0.900. The first-order valence-corrected chi connectivity index (χ1v) is 7.61. The average Bonchev–Trinajstić information content (AvgIpc) is 3.15. The van der Waals surface area contributed by atoms with Crippen molar-refractivity contribution in [3.05, 3.63) is 51.2 Å². The molecule has 2 aromatic rings. The number of rotatable bonds is 4. The summed E-state index contributed by atoms with van der Waals surface area (Å²) in [4.78, 5) is 23.8. The Bertz CT molecular complexity index is 703. The second-order valence-electron chi connectivity index (χ2n) is 5.06. The average molecular weight is 302 g/mol. The molecule has 0 saturated heterocycles. The van der Waals surface area contributed by atoms with Gasteiger partial charge in [0.25, 0.3) is 0 Å². The highest BCUT2D eigenvalue weighted by atomic mass is 32.1. The number of carboxylic acid groups (broad SMARTS) is 1. The molecule has 1 aliphatic heterocycles. The summed E-state index contributed by atoms with van der Waals surface area (Å²) in [6.07, 6.45) is 0.708. The Kier molecular flexibility index (Phi) is 3.51. The van der Waals surface area contributed by atoms with Crippen LogP contribution in [0, 0.1) is 0 Å². The highest BCUT2D eigenvalue weighted by Gasteiger charge is 2.26. The van der Waals surface area contributed by atoms with E-state index >= 15 is 0 Å². The zero-order chi connectivity index (χ0) is 15.0. The molecular formula is C16H14O4S. The largest absolute Gasteiger partial charge is 0.492 e. The van der Waals surface area contributed by atoms with Crippen LogP contribution in [0.2, 0.25) is 0 Å². The Labute approximate surface area is 126 Å². The van der Waals surface area contributed by atoms with Gasteiger partial charge in [0, 0.05) is 17.4 Å². The SMILES string of the molecule is CC(C(=O)O)c1cc2c(c(C(=O)c3ccsc3)c1)OCC2. The molecule has 0 bridgehead atoms. The summed E-state index contributed by atoms with van der Waals surface area (Å²) in [6.45, 7) is 2.16. The van der Waals surface area contributed by atoms with E-state index in [1.807, 2.05) is 11.4 Å². The van der Waals surface area contributed by atoms with Crippen LogP contribution in [0.4, 0.5) is 0 Å². The van der Waals surface area contributed by atoms with Gasteiger partial charge in [0.2, 0.25) is 0 Å². The van der Waals surface area contributed by atoms with Crippen LogP contribution in [-0.2, 0) is 11.2 Å². The van der Waals surface area contributed by atoms with Crippen molar-refractivity contribution in [1.29, 1.82) is 0 Å². The Balaban J connectivity index is 2.11. The van der Waals surface area contributed by atoms with Gasteiger partial charge >= 0.3 is 5.97 Å². The van der Waals surface area contributed by atoms with Gasteiger partial charge < -0.3 is 9.84 Å². The maximum absolute atomic E-state index is 12.6. The van der Waals surface area contributed by atoms with Gasteiger partial charge in [-0.15, -0.1) is 0 Å². The van der Waals surface area contributed by atoms with Gasteiger partial charge in [0.05, 0.1) is 18.1 Å². The first-order chi connectivity index (χ1) is 10.1. The monoisotopic (exact) mass is 302 g/mol. The predicted molar refractivity (Wildman–Crippen MR) is 79.4 cm³/mol. The molecule has 0 amide bonds. The number of fused-ring (bicyclic) bond motifs is 1. The molecule has 2 heterocycles. The third kappa shape index (κ3) is 2.45. The molecule has 1 aromatic carbocycles. The van der Waals surface area contributed by atoms with Crippen LogP contribution < -0.4 is 4.74 Å². The van der Waals surface area contributed by atoms with E-state index in [-0.39, 0.29) is 5.78 Å². The summed E-state index contributed by atoms with van der Waals surface area (Å²) >= 11 is 1.46. The van der Waals surface area contributed by atoms with Crippen LogP contribution in [0.1, 0.15) is 39.9 Å². The highest BCUT2D eigenvalue weighted by Crippen LogP contribution is 2.35. The summed E-state index contributed by atoms with van der Waals surface area (Å²) in [5, 5.41) is 12.8. The van der Waals surface area contributed by atoms with E-state index in [9.17, 15) is 14.7 Å². The molecular weight excluding hydrogens is 288 g/mol. The molecule has 1 N–H and O–H groups in total. The lowest BCUT2D eigenvalue weighted by Crippen LogP contribution is -2.10. The Morgan fingerprint density at radius 2 is 2.19 bits per heavy atom. The molecule has 5 heteroatoms. The van der Waals surface area contributed by atoms with Gasteiger partial charge in [0.15, 0.2) is 5.78 Å². The minimum absolute atomic E-state index is 0.117. The Morgan fingerprint density at radius 1 is 1.38 bits per heavy atom. The van der Waals surface area contributed by atoms with Gasteiger partial charge in [-0.1, -0.05) is 6.07 Å². The Morgan fingerprint density at radius 3 is 2.86 bits per heavy atom. The lowest BCUT2D eigenvalue weighted by molar-refractivity contribution is -0.138. The number of carbonyl (C=O) groups excluding carboxylic acids is 1. The van der Waals surface area contributed by atoms with Gasteiger partial charge in [0.1, 0.15) is 5.75 Å². The van der Waals surface area contributed by atoms with Gasteiger partial charge in [-0.05, 0) is 35.6 Å². The van der Waals surface area contributed by atoms with E-state index < -0.39 is 11.9 Å². The van der Waals surface area contributed by atoms with Crippen LogP contribution in [0.3, 0.4) is 0 Å². The van der Waals surface area contributed by atoms with Crippen molar-refractivity contribution in [2.75, 3.05) is 6.61 Å². The van der Waals surface area contributed by atoms with Crippen LogP contribution in [-0.4, -0.2) is 23.5 Å². The van der Waals surface area contributed by atoms with Gasteiger partial charge in [-0.25, -0.2) is 0 Å². The van der Waals surface area contributed by atoms with E-state index in [1.165, 1.54) is 11.3 Å². The highest BCUT2D eigenvalue weighted by molar-refractivity contribution is 7.08. The lowest BCUT2D eigenvalue weighted by atomic mass is 9.92. The molecule has 0 fully saturated rings. The van der Waals surface area contributed by atoms with E-state index in [4.69, 9.17) is 4.74 Å². The summed E-state index contributed by atoms with van der Waals surface area (Å²) in [5.41, 5.74) is 2.63. The number of benzene rings is 1.